The minimum Gasteiger partial charge on any atom is 3.00 e. The second-order valence-corrected chi connectivity index (χ2v) is 5.30. The molecule has 7 heavy (non-hydrogen) atoms. The summed E-state index contributed by atoms with van der Waals surface area (Å²) in [6.07, 6.45) is 0. The second-order valence-electron chi connectivity index (χ2n) is 1.77. The van der Waals surface area contributed by atoms with Crippen LogP contribution in [-0.2, 0) is 22.4 Å². The van der Waals surface area contributed by atoms with Crippen LogP contribution < -0.4 is 14.7 Å². The van der Waals surface area contributed by atoms with Gasteiger partial charge in [0.05, 0.1) is 0 Å². The molecule has 0 amide bonds. The fraction of sp³-hybridized carbons (Fsp3) is 1.00. The van der Waals surface area contributed by atoms with Crippen LogP contribution in [0.4, 0.5) is 0 Å². The topological polar surface area (TPSA) is 69.2 Å². The van der Waals surface area contributed by atoms with E-state index in [1.165, 1.54) is 0 Å². The quantitative estimate of drug-likeness (QED) is 0.336. The number of hydrogen-bond donors (Lipinski definition) is 0. The summed E-state index contributed by atoms with van der Waals surface area (Å²) in [6.45, 7) is 1.34. The van der Waals surface area contributed by atoms with Crippen LogP contribution in [0.5, 0.6) is 0 Å². The van der Waals surface area contributed by atoms with Gasteiger partial charge in [-0.15, -0.1) is 0 Å². The van der Waals surface area contributed by atoms with Gasteiger partial charge in [-0.2, -0.15) is 0 Å². The Morgan fingerprint density at radius 3 is 1.00 bits per heavy atom. The fourth-order valence-corrected chi connectivity index (χ4v) is 0. The summed E-state index contributed by atoms with van der Waals surface area (Å²) < 4.78 is 0. The molecule has 0 fully saturated rings. The maximum absolute atomic E-state index is 9.70. The molecule has 0 aliphatic heterocycles. The van der Waals surface area contributed by atoms with Gasteiger partial charge in [-0.05, 0) is 0 Å². The fourth-order valence-electron chi connectivity index (χ4n) is 0. The van der Waals surface area contributed by atoms with Crippen LogP contribution in [0, 0.1) is 0 Å². The molecule has 0 heterocycles. The van der Waals surface area contributed by atoms with Gasteiger partial charge >= 0.3 is 57.7 Å². The molecule has 0 saturated carbocycles. The van der Waals surface area contributed by atoms with Crippen LogP contribution in [0.1, 0.15) is 0 Å². The summed E-state index contributed by atoms with van der Waals surface area (Å²) in [5.74, 6) is 0. The van der Waals surface area contributed by atoms with Crippen molar-refractivity contribution >= 4 is 7.28 Å². The molecule has 0 spiro atoms. The Hall–Kier alpha value is 1.05. The van der Waals surface area contributed by atoms with E-state index in [2.05, 4.69) is 0 Å². The van der Waals surface area contributed by atoms with Gasteiger partial charge in [0.25, 0.3) is 0 Å². The summed E-state index contributed by atoms with van der Waals surface area (Å²) in [6, 6.07) is 0. The van der Waals surface area contributed by atoms with E-state index >= 15 is 0 Å². The SMILES string of the molecule is CP(C)([O-])([O-])[O-].[Ag+3]. The van der Waals surface area contributed by atoms with Crippen LogP contribution in [0.3, 0.4) is 0 Å². The monoisotopic (exact) mass is 216 g/mol. The molecule has 0 N–H and O–H groups in total. The Bertz CT molecular complexity index is 46.1. The zero-order valence-corrected chi connectivity index (χ0v) is 6.35. The molecule has 0 aliphatic carbocycles. The number of hydrogen-bond acceptors (Lipinski definition) is 3. The van der Waals surface area contributed by atoms with Gasteiger partial charge in [0.1, 0.15) is 0 Å². The largest absolute Gasteiger partial charge is 3.00 e. The third-order valence-corrected chi connectivity index (χ3v) is 0. The molecule has 0 radical (unpaired) electrons. The summed E-state index contributed by atoms with van der Waals surface area (Å²) in [5.41, 5.74) is 0. The Balaban J connectivity index is 0. The molecule has 0 rings (SSSR count). The number of rotatable bonds is 0. The normalized spacial score (nSPS) is 16.4. The standard InChI is InChI=1S/C2H6O3P.Ag/c1-6(2,3,4)5;/h1-2H3;/q-3;+3. The van der Waals surface area contributed by atoms with Gasteiger partial charge < -0.3 is 0 Å². The van der Waals surface area contributed by atoms with E-state index < -0.39 is 7.28 Å². The average Bonchev–Trinajstić information content (AvgIpc) is 0.650. The Morgan fingerprint density at radius 1 is 1.00 bits per heavy atom. The van der Waals surface area contributed by atoms with Crippen molar-refractivity contribution in [2.45, 2.75) is 0 Å². The smallest absolute Gasteiger partial charge is 3.00 e. The van der Waals surface area contributed by atoms with Gasteiger partial charge in [0, 0.05) is 0 Å². The Morgan fingerprint density at radius 2 is 1.00 bits per heavy atom. The molecule has 0 bridgehead atoms. The van der Waals surface area contributed by atoms with Crippen molar-refractivity contribution in [3.8, 4) is 0 Å². The Kier molecular flexibility index (Phi) is 3.30. The van der Waals surface area contributed by atoms with Crippen molar-refractivity contribution in [2.24, 2.45) is 0 Å². The van der Waals surface area contributed by atoms with Gasteiger partial charge in [-0.3, -0.25) is 0 Å². The molecule has 48 valence electrons. The van der Waals surface area contributed by atoms with E-state index in [0.717, 1.165) is 0 Å². The van der Waals surface area contributed by atoms with E-state index in [-0.39, 0.29) is 22.4 Å². The first-order chi connectivity index (χ1) is 2.24. The molecule has 0 unspecified atom stereocenters. The third-order valence-electron chi connectivity index (χ3n) is 0. The van der Waals surface area contributed by atoms with E-state index in [9.17, 15) is 14.7 Å². The Labute approximate surface area is 58.0 Å². The van der Waals surface area contributed by atoms with Crippen LogP contribution >= 0.6 is 7.28 Å². The van der Waals surface area contributed by atoms with Crippen molar-refractivity contribution in [1.82, 2.24) is 0 Å². The summed E-state index contributed by atoms with van der Waals surface area (Å²) in [7, 11) is -4.80. The van der Waals surface area contributed by atoms with Crippen LogP contribution in [0.25, 0.3) is 0 Å². The van der Waals surface area contributed by atoms with E-state index in [1.807, 2.05) is 0 Å². The summed E-state index contributed by atoms with van der Waals surface area (Å²) in [4.78, 5) is 29.1. The minimum absolute atomic E-state index is 0. The van der Waals surface area contributed by atoms with Crippen molar-refractivity contribution < 1.29 is 37.1 Å². The molecule has 0 saturated heterocycles. The average molecular weight is 217 g/mol. The maximum Gasteiger partial charge on any atom is 3.00 e. The van der Waals surface area contributed by atoms with E-state index in [0.29, 0.717) is 13.3 Å². The van der Waals surface area contributed by atoms with Gasteiger partial charge in [0.2, 0.25) is 0 Å². The molecule has 0 aromatic rings. The van der Waals surface area contributed by atoms with E-state index in [1.54, 1.807) is 0 Å². The van der Waals surface area contributed by atoms with Crippen molar-refractivity contribution in [3.05, 3.63) is 0 Å². The van der Waals surface area contributed by atoms with Gasteiger partial charge in [-0.1, -0.05) is 0 Å². The van der Waals surface area contributed by atoms with Crippen molar-refractivity contribution in [1.29, 1.82) is 0 Å². The van der Waals surface area contributed by atoms with Crippen LogP contribution in [0.15, 0.2) is 0 Å². The molecule has 3 nitrogen and oxygen atoms in total. The second kappa shape index (κ2) is 2.11. The van der Waals surface area contributed by atoms with Crippen LogP contribution in [0.2, 0.25) is 0 Å². The predicted octanol–water partition coefficient (Wildman–Crippen LogP) is -2.38. The van der Waals surface area contributed by atoms with E-state index in [4.69, 9.17) is 0 Å². The maximum atomic E-state index is 9.70. The first-order valence-electron chi connectivity index (χ1n) is 1.44. The van der Waals surface area contributed by atoms with Crippen molar-refractivity contribution in [3.63, 3.8) is 0 Å². The molecule has 0 aromatic heterocycles. The first kappa shape index (κ1) is 10.9. The third kappa shape index (κ3) is 163. The van der Waals surface area contributed by atoms with Gasteiger partial charge in [0.15, 0.2) is 0 Å². The van der Waals surface area contributed by atoms with Gasteiger partial charge in [-0.25, -0.2) is 0 Å². The summed E-state index contributed by atoms with van der Waals surface area (Å²) in [5, 5.41) is 0. The van der Waals surface area contributed by atoms with Crippen molar-refractivity contribution in [2.75, 3.05) is 13.3 Å². The first-order valence-corrected chi connectivity index (χ1v) is 4.33. The zero-order valence-electron chi connectivity index (χ0n) is 3.97. The summed E-state index contributed by atoms with van der Waals surface area (Å²) >= 11 is 0. The minimum atomic E-state index is -4.80. The van der Waals surface area contributed by atoms with Crippen LogP contribution in [-0.4, -0.2) is 13.3 Å². The molecular weight excluding hydrogens is 211 g/mol. The molecular formula is C2H6AgO3P. The zero-order chi connectivity index (χ0) is 5.45. The molecule has 0 aliphatic rings. The predicted molar refractivity (Wildman–Crippen MR) is 18.8 cm³/mol. The molecule has 5 heteroatoms. The molecule has 0 aromatic carbocycles. The molecule has 0 atom stereocenters.